The van der Waals surface area contributed by atoms with Gasteiger partial charge in [-0.1, -0.05) is 23.7 Å². The van der Waals surface area contributed by atoms with Crippen molar-refractivity contribution in [2.75, 3.05) is 13.2 Å². The number of hydrogen-bond donors (Lipinski definition) is 1. The summed E-state index contributed by atoms with van der Waals surface area (Å²) in [6.07, 6.45) is 1.59. The van der Waals surface area contributed by atoms with Gasteiger partial charge in [-0.2, -0.15) is 5.10 Å². The van der Waals surface area contributed by atoms with Crippen LogP contribution in [0.25, 0.3) is 10.8 Å². The van der Waals surface area contributed by atoms with Crippen LogP contribution in [0, 0.1) is 0 Å². The molecule has 0 unspecified atom stereocenters. The van der Waals surface area contributed by atoms with Gasteiger partial charge in [0, 0.05) is 16.1 Å². The molecule has 3 aromatic rings. The number of benzene rings is 3. The number of amides is 1. The van der Waals surface area contributed by atoms with Gasteiger partial charge in [0.1, 0.15) is 11.5 Å². The molecule has 0 atom stereocenters. The van der Waals surface area contributed by atoms with Crippen LogP contribution in [0.1, 0.15) is 29.8 Å². The second kappa shape index (κ2) is 9.24. The number of halogens is 1. The van der Waals surface area contributed by atoms with Crippen molar-refractivity contribution >= 4 is 34.5 Å². The van der Waals surface area contributed by atoms with E-state index in [4.69, 9.17) is 21.1 Å². The van der Waals surface area contributed by atoms with Crippen molar-refractivity contribution in [2.24, 2.45) is 5.10 Å². The third-order valence-electron chi connectivity index (χ3n) is 4.07. The molecule has 0 radical (unpaired) electrons. The predicted octanol–water partition coefficient (Wildman–Crippen LogP) is 5.05. The summed E-state index contributed by atoms with van der Waals surface area (Å²) in [4.78, 5) is 12.2. The van der Waals surface area contributed by atoms with Crippen LogP contribution in [0.3, 0.4) is 0 Å². The minimum Gasteiger partial charge on any atom is -0.494 e. The van der Waals surface area contributed by atoms with Gasteiger partial charge in [0.15, 0.2) is 0 Å². The SMILES string of the molecule is CCOc1ccc2ccc(OCC)c(/C=N/NC(=O)c3ccc(Cl)cc3)c2c1. The van der Waals surface area contributed by atoms with Crippen LogP contribution in [0.4, 0.5) is 0 Å². The number of hydrazone groups is 1. The van der Waals surface area contributed by atoms with Gasteiger partial charge in [-0.15, -0.1) is 0 Å². The van der Waals surface area contributed by atoms with Crippen LogP contribution < -0.4 is 14.9 Å². The second-order valence-corrected chi connectivity index (χ2v) is 6.37. The number of hydrogen-bond acceptors (Lipinski definition) is 4. The summed E-state index contributed by atoms with van der Waals surface area (Å²) in [7, 11) is 0. The topological polar surface area (TPSA) is 59.9 Å². The predicted molar refractivity (Wildman–Crippen MR) is 113 cm³/mol. The zero-order valence-electron chi connectivity index (χ0n) is 15.7. The molecule has 0 aliphatic heterocycles. The Bertz CT molecular complexity index is 995. The lowest BCUT2D eigenvalue weighted by molar-refractivity contribution is 0.0955. The van der Waals surface area contributed by atoms with Gasteiger partial charge < -0.3 is 9.47 Å². The van der Waals surface area contributed by atoms with Crippen molar-refractivity contribution in [1.82, 2.24) is 5.43 Å². The average molecular weight is 397 g/mol. The Hall–Kier alpha value is -3.05. The standard InChI is InChI=1S/C22H21ClN2O3/c1-3-27-18-11-7-15-8-12-21(28-4-2)20(19(15)13-18)14-24-25-22(26)16-5-9-17(23)10-6-16/h5-14H,3-4H2,1-2H3,(H,25,26)/b24-14+. The van der Waals surface area contributed by atoms with Gasteiger partial charge in [-0.3, -0.25) is 4.79 Å². The number of ether oxygens (including phenoxy) is 2. The second-order valence-electron chi connectivity index (χ2n) is 5.93. The van der Waals surface area contributed by atoms with E-state index in [-0.39, 0.29) is 5.91 Å². The first-order valence-corrected chi connectivity index (χ1v) is 9.41. The van der Waals surface area contributed by atoms with E-state index in [0.717, 1.165) is 22.1 Å². The molecule has 0 aromatic heterocycles. The van der Waals surface area contributed by atoms with Crippen molar-refractivity contribution < 1.29 is 14.3 Å². The number of carbonyl (C=O) groups is 1. The molecule has 28 heavy (non-hydrogen) atoms. The first-order valence-electron chi connectivity index (χ1n) is 9.03. The van der Waals surface area contributed by atoms with Gasteiger partial charge in [-0.25, -0.2) is 5.43 Å². The van der Waals surface area contributed by atoms with E-state index in [0.29, 0.717) is 29.5 Å². The van der Waals surface area contributed by atoms with Crippen LogP contribution in [-0.4, -0.2) is 25.3 Å². The molecule has 0 saturated carbocycles. The number of nitrogens with zero attached hydrogens (tertiary/aromatic N) is 1. The fourth-order valence-electron chi connectivity index (χ4n) is 2.79. The van der Waals surface area contributed by atoms with Crippen molar-refractivity contribution in [1.29, 1.82) is 0 Å². The highest BCUT2D eigenvalue weighted by atomic mass is 35.5. The molecular weight excluding hydrogens is 376 g/mol. The molecule has 0 bridgehead atoms. The fraction of sp³-hybridized carbons (Fsp3) is 0.182. The maximum Gasteiger partial charge on any atom is 0.271 e. The van der Waals surface area contributed by atoms with Crippen molar-refractivity contribution in [3.05, 3.63) is 70.7 Å². The van der Waals surface area contributed by atoms with Crippen LogP contribution >= 0.6 is 11.6 Å². The average Bonchev–Trinajstić information content (AvgIpc) is 2.70. The highest BCUT2D eigenvalue weighted by molar-refractivity contribution is 6.30. The van der Waals surface area contributed by atoms with E-state index < -0.39 is 0 Å². The smallest absolute Gasteiger partial charge is 0.271 e. The van der Waals surface area contributed by atoms with Crippen molar-refractivity contribution in [2.45, 2.75) is 13.8 Å². The lowest BCUT2D eigenvalue weighted by Crippen LogP contribution is -2.17. The molecule has 0 fully saturated rings. The number of carbonyl (C=O) groups excluding carboxylic acids is 1. The third-order valence-corrected chi connectivity index (χ3v) is 4.32. The Morgan fingerprint density at radius 2 is 1.75 bits per heavy atom. The summed E-state index contributed by atoms with van der Waals surface area (Å²) >= 11 is 5.85. The molecule has 144 valence electrons. The lowest BCUT2D eigenvalue weighted by atomic mass is 10.0. The Balaban J connectivity index is 1.91. The van der Waals surface area contributed by atoms with E-state index in [1.54, 1.807) is 30.5 Å². The molecule has 3 rings (SSSR count). The van der Waals surface area contributed by atoms with Gasteiger partial charge in [-0.05, 0) is 67.1 Å². The Morgan fingerprint density at radius 1 is 1.04 bits per heavy atom. The number of rotatable bonds is 7. The number of nitrogens with one attached hydrogen (secondary N) is 1. The van der Waals surface area contributed by atoms with E-state index in [1.165, 1.54) is 0 Å². The molecule has 0 heterocycles. The van der Waals surface area contributed by atoms with Gasteiger partial charge in [0.25, 0.3) is 5.91 Å². The largest absolute Gasteiger partial charge is 0.494 e. The van der Waals surface area contributed by atoms with Gasteiger partial charge in [0.2, 0.25) is 0 Å². The molecule has 1 N–H and O–H groups in total. The van der Waals surface area contributed by atoms with E-state index in [1.807, 2.05) is 44.2 Å². The van der Waals surface area contributed by atoms with Crippen molar-refractivity contribution in [3.63, 3.8) is 0 Å². The van der Waals surface area contributed by atoms with Crippen molar-refractivity contribution in [3.8, 4) is 11.5 Å². The first kappa shape index (κ1) is 19.7. The quantitative estimate of drug-likeness (QED) is 0.448. The highest BCUT2D eigenvalue weighted by Gasteiger charge is 2.09. The molecule has 1 amide bonds. The summed E-state index contributed by atoms with van der Waals surface area (Å²) in [6.45, 7) is 4.96. The molecular formula is C22H21ClN2O3. The summed E-state index contributed by atoms with van der Waals surface area (Å²) in [6, 6.07) is 16.4. The van der Waals surface area contributed by atoms with Crippen LogP contribution in [0.15, 0.2) is 59.7 Å². The Kier molecular flexibility index (Phi) is 6.50. The molecule has 3 aromatic carbocycles. The van der Waals surface area contributed by atoms with Crippen LogP contribution in [-0.2, 0) is 0 Å². The van der Waals surface area contributed by atoms with Gasteiger partial charge in [0.05, 0.1) is 19.4 Å². The molecule has 6 heteroatoms. The van der Waals surface area contributed by atoms with Crippen LogP contribution in [0.2, 0.25) is 5.02 Å². The first-order chi connectivity index (χ1) is 13.6. The Labute approximate surface area is 168 Å². The molecule has 0 spiro atoms. The van der Waals surface area contributed by atoms with E-state index in [9.17, 15) is 4.79 Å². The van der Waals surface area contributed by atoms with E-state index in [2.05, 4.69) is 10.5 Å². The minimum absolute atomic E-state index is 0.318. The normalized spacial score (nSPS) is 11.0. The third kappa shape index (κ3) is 4.61. The summed E-state index contributed by atoms with van der Waals surface area (Å²) in [5.74, 6) is 1.14. The molecule has 0 aliphatic rings. The van der Waals surface area contributed by atoms with Crippen LogP contribution in [0.5, 0.6) is 11.5 Å². The maximum absolute atomic E-state index is 12.2. The zero-order valence-corrected chi connectivity index (χ0v) is 16.5. The summed E-state index contributed by atoms with van der Waals surface area (Å²) < 4.78 is 11.4. The monoisotopic (exact) mass is 396 g/mol. The molecule has 5 nitrogen and oxygen atoms in total. The lowest BCUT2D eigenvalue weighted by Gasteiger charge is -2.12. The maximum atomic E-state index is 12.2. The molecule has 0 aliphatic carbocycles. The summed E-state index contributed by atoms with van der Waals surface area (Å²) in [5, 5.41) is 6.66. The summed E-state index contributed by atoms with van der Waals surface area (Å²) in [5.41, 5.74) is 3.79. The Morgan fingerprint density at radius 3 is 2.46 bits per heavy atom. The highest BCUT2D eigenvalue weighted by Crippen LogP contribution is 2.30. The number of fused-ring (bicyclic) bond motifs is 1. The fourth-order valence-corrected chi connectivity index (χ4v) is 2.92. The molecule has 0 saturated heterocycles. The van der Waals surface area contributed by atoms with Gasteiger partial charge >= 0.3 is 0 Å². The minimum atomic E-state index is -0.318. The van der Waals surface area contributed by atoms with E-state index >= 15 is 0 Å². The zero-order chi connectivity index (χ0) is 19.9.